The number of esters is 1. The molecule has 0 saturated heterocycles. The summed E-state index contributed by atoms with van der Waals surface area (Å²) in [5.41, 5.74) is 5.52. The first-order chi connectivity index (χ1) is 20.0. The second kappa shape index (κ2) is 11.4. The van der Waals surface area contributed by atoms with Crippen molar-refractivity contribution in [1.29, 1.82) is 5.26 Å². The number of thiophene rings is 1. The average molecular weight is 561 g/mol. The van der Waals surface area contributed by atoms with Crippen molar-refractivity contribution < 1.29 is 14.3 Å². The Morgan fingerprint density at radius 3 is 2.61 bits per heavy atom. The predicted octanol–water partition coefficient (Wildman–Crippen LogP) is 7.01. The topological polar surface area (TPSA) is 108 Å². The number of rotatable bonds is 7. The van der Waals surface area contributed by atoms with E-state index in [4.69, 9.17) is 4.74 Å². The number of imidazole rings is 1. The van der Waals surface area contributed by atoms with Gasteiger partial charge in [0.1, 0.15) is 16.9 Å². The maximum absolute atomic E-state index is 13.2. The number of aromatic nitrogens is 2. The van der Waals surface area contributed by atoms with Crippen LogP contribution in [-0.4, -0.2) is 27.9 Å². The number of benzene rings is 3. The minimum absolute atomic E-state index is 0.297. The van der Waals surface area contributed by atoms with Crippen molar-refractivity contribution in [3.63, 3.8) is 0 Å². The van der Waals surface area contributed by atoms with Crippen molar-refractivity contribution in [3.8, 4) is 17.5 Å². The van der Waals surface area contributed by atoms with E-state index in [2.05, 4.69) is 33.5 Å². The van der Waals surface area contributed by atoms with Gasteiger partial charge in [-0.15, -0.1) is 11.3 Å². The highest BCUT2D eigenvalue weighted by Gasteiger charge is 2.29. The molecular weight excluding hydrogens is 532 g/mol. The molecule has 41 heavy (non-hydrogen) atoms. The quantitative estimate of drug-likeness (QED) is 0.208. The molecule has 2 unspecified atom stereocenters. The van der Waals surface area contributed by atoms with Gasteiger partial charge in [0, 0.05) is 10.4 Å². The van der Waals surface area contributed by atoms with Gasteiger partial charge in [-0.3, -0.25) is 4.79 Å². The first-order valence-corrected chi connectivity index (χ1v) is 14.5. The second-order valence-corrected chi connectivity index (χ2v) is 11.3. The van der Waals surface area contributed by atoms with Crippen LogP contribution in [0.1, 0.15) is 57.6 Å². The minimum Gasteiger partial charge on any atom is -0.449 e. The van der Waals surface area contributed by atoms with E-state index in [0.717, 1.165) is 40.8 Å². The van der Waals surface area contributed by atoms with Crippen molar-refractivity contribution in [2.75, 3.05) is 5.32 Å². The van der Waals surface area contributed by atoms with E-state index in [1.165, 1.54) is 16.9 Å². The average Bonchev–Trinajstić information content (AvgIpc) is 3.60. The van der Waals surface area contributed by atoms with E-state index in [1.807, 2.05) is 48.5 Å². The van der Waals surface area contributed by atoms with Gasteiger partial charge in [-0.2, -0.15) is 5.26 Å². The smallest absolute Gasteiger partial charge is 0.338 e. The summed E-state index contributed by atoms with van der Waals surface area (Å²) in [4.78, 5) is 35.3. The van der Waals surface area contributed by atoms with Crippen LogP contribution in [0.2, 0.25) is 0 Å². The zero-order valence-corrected chi connectivity index (χ0v) is 23.3. The Balaban J connectivity index is 1.16. The number of nitriles is 1. The lowest BCUT2D eigenvalue weighted by molar-refractivity contribution is -0.124. The number of anilines is 1. The fourth-order valence-corrected chi connectivity index (χ4v) is 6.66. The third kappa shape index (κ3) is 5.37. The monoisotopic (exact) mass is 560 g/mol. The largest absolute Gasteiger partial charge is 0.449 e. The summed E-state index contributed by atoms with van der Waals surface area (Å²) in [7, 11) is 0. The molecule has 2 heterocycles. The van der Waals surface area contributed by atoms with Crippen LogP contribution in [0.4, 0.5) is 5.00 Å². The standard InChI is InChI=1S/C33H28N4O3S/c1-2-28(40-33(39)23-14-16-26-27(17-23)36-30(35-26)21-11-7-4-8-12-21)31(38)37-32-25(19-34)24-15-13-22(18-29(24)41-32)20-9-5-3-6-10-20/h3-12,14,16-17,22,28H,2,13,15,18H2,1H3,(H,35,36)(H,37,38). The number of H-pyrrole nitrogens is 1. The molecule has 1 aliphatic rings. The maximum Gasteiger partial charge on any atom is 0.338 e. The number of hydrogen-bond donors (Lipinski definition) is 2. The van der Waals surface area contributed by atoms with Gasteiger partial charge in [0.15, 0.2) is 6.10 Å². The van der Waals surface area contributed by atoms with Crippen LogP contribution in [0, 0.1) is 11.3 Å². The van der Waals surface area contributed by atoms with Crippen LogP contribution in [0.3, 0.4) is 0 Å². The summed E-state index contributed by atoms with van der Waals surface area (Å²) in [5.74, 6) is 0.0581. The highest BCUT2D eigenvalue weighted by atomic mass is 32.1. The molecule has 2 aromatic heterocycles. The Labute approximate surface area is 241 Å². The third-order valence-electron chi connectivity index (χ3n) is 7.56. The summed E-state index contributed by atoms with van der Waals surface area (Å²) in [6, 6.07) is 27.5. The molecular formula is C33H28N4O3S. The third-order valence-corrected chi connectivity index (χ3v) is 8.73. The number of ether oxygens (including phenoxy) is 1. The van der Waals surface area contributed by atoms with Gasteiger partial charge in [0.25, 0.3) is 5.91 Å². The molecule has 8 heteroatoms. The lowest BCUT2D eigenvalue weighted by Gasteiger charge is -2.22. The van der Waals surface area contributed by atoms with E-state index in [1.54, 1.807) is 25.1 Å². The van der Waals surface area contributed by atoms with Crippen molar-refractivity contribution in [2.24, 2.45) is 0 Å². The van der Waals surface area contributed by atoms with Gasteiger partial charge in [-0.05, 0) is 60.9 Å². The fraction of sp³-hybridized carbons (Fsp3) is 0.212. The van der Waals surface area contributed by atoms with Crippen LogP contribution in [-0.2, 0) is 22.4 Å². The van der Waals surface area contributed by atoms with Crippen LogP contribution in [0.15, 0.2) is 78.9 Å². The van der Waals surface area contributed by atoms with Crippen LogP contribution >= 0.6 is 11.3 Å². The summed E-state index contributed by atoms with van der Waals surface area (Å²) in [6.45, 7) is 1.79. The second-order valence-electron chi connectivity index (χ2n) is 10.1. The predicted molar refractivity (Wildman–Crippen MR) is 160 cm³/mol. The van der Waals surface area contributed by atoms with E-state index < -0.39 is 18.0 Å². The van der Waals surface area contributed by atoms with Gasteiger partial charge in [-0.25, -0.2) is 9.78 Å². The zero-order valence-electron chi connectivity index (χ0n) is 22.5. The van der Waals surface area contributed by atoms with Crippen molar-refractivity contribution in [2.45, 2.75) is 44.6 Å². The molecule has 3 aromatic carbocycles. The Morgan fingerprint density at radius 2 is 1.88 bits per heavy atom. The van der Waals surface area contributed by atoms with E-state index in [-0.39, 0.29) is 0 Å². The fourth-order valence-electron chi connectivity index (χ4n) is 5.38. The van der Waals surface area contributed by atoms with Crippen LogP contribution in [0.5, 0.6) is 0 Å². The normalized spacial score (nSPS) is 15.1. The highest BCUT2D eigenvalue weighted by molar-refractivity contribution is 7.16. The first-order valence-electron chi connectivity index (χ1n) is 13.7. The van der Waals surface area contributed by atoms with Crippen LogP contribution < -0.4 is 5.32 Å². The molecule has 0 radical (unpaired) electrons. The molecule has 204 valence electrons. The van der Waals surface area contributed by atoms with Gasteiger partial charge < -0.3 is 15.0 Å². The Morgan fingerprint density at radius 1 is 1.12 bits per heavy atom. The lowest BCUT2D eigenvalue weighted by Crippen LogP contribution is -2.32. The van der Waals surface area contributed by atoms with Gasteiger partial charge in [0.05, 0.1) is 22.2 Å². The molecule has 2 atom stereocenters. The van der Waals surface area contributed by atoms with Crippen molar-refractivity contribution in [3.05, 3.63) is 106 Å². The van der Waals surface area contributed by atoms with Crippen LogP contribution in [0.25, 0.3) is 22.4 Å². The van der Waals surface area contributed by atoms with Gasteiger partial charge >= 0.3 is 5.97 Å². The zero-order chi connectivity index (χ0) is 28.3. The van der Waals surface area contributed by atoms with E-state index in [0.29, 0.717) is 39.8 Å². The summed E-state index contributed by atoms with van der Waals surface area (Å²) in [5, 5.41) is 13.3. The minimum atomic E-state index is -0.998. The summed E-state index contributed by atoms with van der Waals surface area (Å²) < 4.78 is 5.65. The molecule has 5 aromatic rings. The lowest BCUT2D eigenvalue weighted by atomic mass is 9.83. The number of nitrogens with zero attached hydrogens (tertiary/aromatic N) is 2. The molecule has 0 aliphatic heterocycles. The Kier molecular flexibility index (Phi) is 7.36. The molecule has 1 amide bonds. The number of carbonyl (C=O) groups excluding carboxylic acids is 2. The molecule has 2 N–H and O–H groups in total. The SMILES string of the molecule is CCC(OC(=O)c1ccc2nc(-c3ccccc3)[nH]c2c1)C(=O)Nc1sc2c(c1C#N)CCC(c1ccccc1)C2. The maximum atomic E-state index is 13.2. The van der Waals surface area contributed by atoms with E-state index in [9.17, 15) is 14.9 Å². The number of nitrogens with one attached hydrogen (secondary N) is 2. The molecule has 1 aliphatic carbocycles. The van der Waals surface area contributed by atoms with Gasteiger partial charge in [0.2, 0.25) is 0 Å². The van der Waals surface area contributed by atoms with Crippen molar-refractivity contribution >= 4 is 39.2 Å². The molecule has 0 fully saturated rings. The number of carbonyl (C=O) groups is 2. The molecule has 0 saturated carbocycles. The first kappa shape index (κ1) is 26.5. The number of amides is 1. The van der Waals surface area contributed by atoms with Gasteiger partial charge in [-0.1, -0.05) is 67.6 Å². The highest BCUT2D eigenvalue weighted by Crippen LogP contribution is 2.42. The number of fused-ring (bicyclic) bond motifs is 2. The Hall–Kier alpha value is -4.74. The van der Waals surface area contributed by atoms with E-state index >= 15 is 0 Å². The Bertz CT molecular complexity index is 1770. The summed E-state index contributed by atoms with van der Waals surface area (Å²) in [6.07, 6.45) is 1.88. The number of hydrogen-bond acceptors (Lipinski definition) is 6. The molecule has 0 spiro atoms. The molecule has 0 bridgehead atoms. The number of aromatic amines is 1. The summed E-state index contributed by atoms with van der Waals surface area (Å²) >= 11 is 1.45. The molecule has 6 rings (SSSR count). The van der Waals surface area contributed by atoms with Crippen molar-refractivity contribution in [1.82, 2.24) is 9.97 Å². The molecule has 7 nitrogen and oxygen atoms in total.